The fourth-order valence-electron chi connectivity index (χ4n) is 6.10. The summed E-state index contributed by atoms with van der Waals surface area (Å²) in [6, 6.07) is 7.53. The Morgan fingerprint density at radius 1 is 0.886 bits per heavy atom. The first-order chi connectivity index (χ1) is 16.8. The highest BCUT2D eigenvalue weighted by molar-refractivity contribution is 5.38. The quantitative estimate of drug-likeness (QED) is 0.349. The maximum atomic E-state index is 15.3. The van der Waals surface area contributed by atoms with E-state index in [1.165, 1.54) is 44.9 Å². The highest BCUT2D eigenvalue weighted by atomic mass is 19.4. The van der Waals surface area contributed by atoms with Gasteiger partial charge in [0.15, 0.2) is 11.6 Å². The van der Waals surface area contributed by atoms with Crippen LogP contribution in [0.1, 0.15) is 94.6 Å². The average Bonchev–Trinajstić information content (AvgIpc) is 2.85. The fraction of sp³-hybridized carbons (Fsp3) is 0.586. The summed E-state index contributed by atoms with van der Waals surface area (Å²) in [5.41, 5.74) is -0.798. The first-order valence-corrected chi connectivity index (χ1v) is 13.0. The molecule has 2 saturated carbocycles. The van der Waals surface area contributed by atoms with E-state index in [4.69, 9.17) is 4.74 Å². The molecule has 0 amide bonds. The van der Waals surface area contributed by atoms with Crippen LogP contribution >= 0.6 is 0 Å². The molecule has 4 rings (SSSR count). The van der Waals surface area contributed by atoms with Gasteiger partial charge in [-0.3, -0.25) is 0 Å². The summed E-state index contributed by atoms with van der Waals surface area (Å²) < 4.78 is 73.7. The van der Waals surface area contributed by atoms with Crippen molar-refractivity contribution in [1.29, 1.82) is 0 Å². The molecule has 0 N–H and O–H groups in total. The lowest BCUT2D eigenvalue weighted by atomic mass is 9.68. The maximum Gasteiger partial charge on any atom is 0.416 e. The summed E-state index contributed by atoms with van der Waals surface area (Å²) >= 11 is 0. The Morgan fingerprint density at radius 2 is 1.49 bits per heavy atom. The van der Waals surface area contributed by atoms with E-state index in [1.54, 1.807) is 0 Å². The molecule has 35 heavy (non-hydrogen) atoms. The third-order valence-electron chi connectivity index (χ3n) is 8.13. The van der Waals surface area contributed by atoms with Crippen LogP contribution in [0.15, 0.2) is 30.3 Å². The second kappa shape index (κ2) is 11.3. The molecule has 2 aliphatic carbocycles. The molecule has 2 aromatic rings. The van der Waals surface area contributed by atoms with Gasteiger partial charge in [0.2, 0.25) is 0 Å². The molecule has 191 valence electrons. The van der Waals surface area contributed by atoms with Gasteiger partial charge in [0.05, 0.1) is 5.56 Å². The largest absolute Gasteiger partial charge is 0.454 e. The van der Waals surface area contributed by atoms with E-state index in [0.29, 0.717) is 5.92 Å². The van der Waals surface area contributed by atoms with Crippen molar-refractivity contribution in [2.45, 2.75) is 89.6 Å². The molecule has 2 fully saturated rings. The van der Waals surface area contributed by atoms with Gasteiger partial charge in [0, 0.05) is 11.6 Å². The standard InChI is InChI=1S/C29H34F5O/c1-2-3-4-19-5-7-20(8-6-19)21-9-11-22(12-10-21)27-25(30)17-18-26(28(27)31)35-24-15-13-23(14-16-24)29(32,33)34/h13-17,19-22H,2-12H2,1H3/t19-,20-,21?,22?. The lowest BCUT2D eigenvalue weighted by Crippen LogP contribution is -2.26. The number of hydrogen-bond donors (Lipinski definition) is 0. The van der Waals surface area contributed by atoms with Crippen LogP contribution in [0, 0.1) is 35.5 Å². The summed E-state index contributed by atoms with van der Waals surface area (Å²) in [4.78, 5) is 0. The summed E-state index contributed by atoms with van der Waals surface area (Å²) in [7, 11) is 0. The second-order valence-corrected chi connectivity index (χ2v) is 10.4. The third-order valence-corrected chi connectivity index (χ3v) is 8.13. The number of rotatable bonds is 7. The zero-order valence-corrected chi connectivity index (χ0v) is 20.3. The van der Waals surface area contributed by atoms with Crippen LogP contribution in [0.2, 0.25) is 0 Å². The zero-order chi connectivity index (χ0) is 25.0. The van der Waals surface area contributed by atoms with Crippen molar-refractivity contribution >= 4 is 0 Å². The van der Waals surface area contributed by atoms with Crippen molar-refractivity contribution in [3.63, 3.8) is 0 Å². The monoisotopic (exact) mass is 493 g/mol. The van der Waals surface area contributed by atoms with Crippen LogP contribution in [0.3, 0.4) is 0 Å². The van der Waals surface area contributed by atoms with Gasteiger partial charge in [-0.25, -0.2) is 8.78 Å². The number of alkyl halides is 3. The minimum Gasteiger partial charge on any atom is -0.454 e. The van der Waals surface area contributed by atoms with Crippen LogP contribution in [0.4, 0.5) is 22.0 Å². The molecule has 0 aliphatic heterocycles. The number of unbranched alkanes of at least 4 members (excludes halogenated alkanes) is 1. The van der Waals surface area contributed by atoms with E-state index in [-0.39, 0.29) is 23.0 Å². The lowest BCUT2D eigenvalue weighted by molar-refractivity contribution is -0.137. The van der Waals surface area contributed by atoms with E-state index in [9.17, 15) is 17.6 Å². The second-order valence-electron chi connectivity index (χ2n) is 10.4. The number of hydrogen-bond acceptors (Lipinski definition) is 1. The van der Waals surface area contributed by atoms with Crippen molar-refractivity contribution in [2.75, 3.05) is 0 Å². The highest BCUT2D eigenvalue weighted by Gasteiger charge is 2.34. The van der Waals surface area contributed by atoms with Gasteiger partial charge < -0.3 is 4.74 Å². The van der Waals surface area contributed by atoms with Crippen LogP contribution < -0.4 is 4.74 Å². The molecular formula is C29H34F5O. The zero-order valence-electron chi connectivity index (χ0n) is 20.3. The van der Waals surface area contributed by atoms with Crippen LogP contribution in [0.5, 0.6) is 11.5 Å². The maximum absolute atomic E-state index is 15.3. The first-order valence-electron chi connectivity index (χ1n) is 13.0. The molecule has 1 radical (unpaired) electrons. The van der Waals surface area contributed by atoms with Gasteiger partial charge in [-0.15, -0.1) is 0 Å². The van der Waals surface area contributed by atoms with Crippen molar-refractivity contribution < 1.29 is 26.7 Å². The molecule has 0 aromatic heterocycles. The molecule has 2 aliphatic rings. The average molecular weight is 494 g/mol. The van der Waals surface area contributed by atoms with E-state index in [1.807, 2.05) is 0 Å². The minimum atomic E-state index is -4.47. The summed E-state index contributed by atoms with van der Waals surface area (Å²) in [5, 5.41) is 0. The van der Waals surface area contributed by atoms with Gasteiger partial charge in [-0.1, -0.05) is 39.0 Å². The SMILES string of the molecule is CCCC[C@H]1CC[C@H](C2CCC(c3c(F)c[c]c(Oc4ccc(C(F)(F)F)cc4)c3F)CC2)CC1. The van der Waals surface area contributed by atoms with Crippen LogP contribution in [-0.2, 0) is 6.18 Å². The predicted molar refractivity (Wildman–Crippen MR) is 126 cm³/mol. The predicted octanol–water partition coefficient (Wildman–Crippen LogP) is 9.85. The molecule has 0 spiro atoms. The van der Waals surface area contributed by atoms with Crippen molar-refractivity contribution in [3.05, 3.63) is 59.2 Å². The molecule has 6 heteroatoms. The van der Waals surface area contributed by atoms with E-state index in [2.05, 4.69) is 13.0 Å². The van der Waals surface area contributed by atoms with Gasteiger partial charge in [0.25, 0.3) is 0 Å². The molecule has 0 heterocycles. The molecule has 1 nitrogen and oxygen atoms in total. The molecule has 0 unspecified atom stereocenters. The number of halogens is 5. The summed E-state index contributed by atoms with van der Waals surface area (Å²) in [6.45, 7) is 2.24. The Morgan fingerprint density at radius 3 is 2.06 bits per heavy atom. The first kappa shape index (κ1) is 26.0. The van der Waals surface area contributed by atoms with Gasteiger partial charge in [-0.05, 0) is 92.5 Å². The molecular weight excluding hydrogens is 459 g/mol. The Bertz CT molecular complexity index is 952. The summed E-state index contributed by atoms with van der Waals surface area (Å²) in [5.74, 6) is 0.324. The van der Waals surface area contributed by atoms with Crippen molar-refractivity contribution in [3.8, 4) is 11.5 Å². The van der Waals surface area contributed by atoms with Crippen molar-refractivity contribution in [1.82, 2.24) is 0 Å². The van der Waals surface area contributed by atoms with Gasteiger partial charge in [-0.2, -0.15) is 13.2 Å². The molecule has 0 saturated heterocycles. The number of benzene rings is 2. The topological polar surface area (TPSA) is 9.23 Å². The highest BCUT2D eigenvalue weighted by Crippen LogP contribution is 2.46. The Kier molecular flexibility index (Phi) is 8.38. The normalized spacial score (nSPS) is 25.4. The van der Waals surface area contributed by atoms with Gasteiger partial charge >= 0.3 is 6.18 Å². The third kappa shape index (κ3) is 6.37. The van der Waals surface area contributed by atoms with Crippen molar-refractivity contribution in [2.24, 2.45) is 17.8 Å². The number of ether oxygens (including phenoxy) is 1. The Labute approximate surface area is 205 Å². The summed E-state index contributed by atoms with van der Waals surface area (Å²) in [6.07, 6.45) is 8.04. The molecule has 0 atom stereocenters. The van der Waals surface area contributed by atoms with Gasteiger partial charge in [0.1, 0.15) is 11.6 Å². The van der Waals surface area contributed by atoms with Crippen LogP contribution in [-0.4, -0.2) is 0 Å². The minimum absolute atomic E-state index is 0.0207. The molecule has 2 aromatic carbocycles. The van der Waals surface area contributed by atoms with E-state index >= 15 is 4.39 Å². The molecule has 0 bridgehead atoms. The smallest absolute Gasteiger partial charge is 0.416 e. The lowest BCUT2D eigenvalue weighted by Gasteiger charge is -2.38. The van der Waals surface area contributed by atoms with E-state index < -0.39 is 23.4 Å². The Hall–Kier alpha value is -2.11. The van der Waals surface area contributed by atoms with Crippen LogP contribution in [0.25, 0.3) is 0 Å². The fourth-order valence-corrected chi connectivity index (χ4v) is 6.10. The van der Waals surface area contributed by atoms with E-state index in [0.717, 1.165) is 67.9 Å². The Balaban J connectivity index is 1.37.